The number of allylic oxidation sites excluding steroid dienone is 9. The van der Waals surface area contributed by atoms with Gasteiger partial charge in [-0.05, 0) is 57.3 Å². The van der Waals surface area contributed by atoms with E-state index in [0.29, 0.717) is 5.41 Å². The molecule has 0 spiro atoms. The molecule has 0 unspecified atom stereocenters. The minimum Gasteiger partial charge on any atom is -0.161 e. The van der Waals surface area contributed by atoms with E-state index in [0.717, 1.165) is 5.75 Å². The summed E-state index contributed by atoms with van der Waals surface area (Å²) in [5, 5.41) is 0. The summed E-state index contributed by atoms with van der Waals surface area (Å²) in [5.74, 6) is 1.08. The lowest BCUT2D eigenvalue weighted by atomic mass is 9.72. The van der Waals surface area contributed by atoms with Crippen molar-refractivity contribution in [2.75, 3.05) is 12.0 Å². The molecule has 0 aromatic carbocycles. The van der Waals surface area contributed by atoms with Crippen LogP contribution in [0, 0.1) is 5.41 Å². The van der Waals surface area contributed by atoms with Gasteiger partial charge in [-0.3, -0.25) is 0 Å². The van der Waals surface area contributed by atoms with Gasteiger partial charge in [0.1, 0.15) is 0 Å². The Bertz CT molecular complexity index is 510. The highest BCUT2D eigenvalue weighted by atomic mass is 32.2. The SMILES string of the molecule is CSC/C=C(C)/C=C/C=C(C)/C=C/C1=C(C)CCCC1(C)C. The first-order valence-corrected chi connectivity index (χ1v) is 9.65. The molecule has 0 heterocycles. The summed E-state index contributed by atoms with van der Waals surface area (Å²) in [7, 11) is 0. The highest BCUT2D eigenvalue weighted by molar-refractivity contribution is 7.98. The van der Waals surface area contributed by atoms with Crippen molar-refractivity contribution in [2.24, 2.45) is 5.41 Å². The zero-order chi connectivity index (χ0) is 16.6. The molecule has 0 aromatic rings. The smallest absolute Gasteiger partial charge is 0.0116 e. The molecule has 0 atom stereocenters. The molecule has 0 bridgehead atoms. The molecule has 0 nitrogen and oxygen atoms in total. The van der Waals surface area contributed by atoms with Crippen molar-refractivity contribution in [3.05, 3.63) is 58.7 Å². The lowest BCUT2D eigenvalue weighted by Crippen LogP contribution is -2.19. The molecule has 0 fully saturated rings. The zero-order valence-corrected chi connectivity index (χ0v) is 16.0. The van der Waals surface area contributed by atoms with Crippen LogP contribution in [-0.4, -0.2) is 12.0 Å². The summed E-state index contributed by atoms with van der Waals surface area (Å²) in [6.07, 6.45) is 19.4. The van der Waals surface area contributed by atoms with Crippen LogP contribution in [-0.2, 0) is 0 Å². The van der Waals surface area contributed by atoms with Crippen molar-refractivity contribution < 1.29 is 0 Å². The molecule has 0 amide bonds. The molecule has 1 aliphatic carbocycles. The van der Waals surface area contributed by atoms with Crippen LogP contribution in [0.5, 0.6) is 0 Å². The van der Waals surface area contributed by atoms with E-state index in [1.54, 1.807) is 5.57 Å². The Balaban J connectivity index is 2.73. The Morgan fingerprint density at radius 3 is 2.55 bits per heavy atom. The molecule has 1 rings (SSSR count). The summed E-state index contributed by atoms with van der Waals surface area (Å²) in [6.45, 7) is 11.4. The van der Waals surface area contributed by atoms with Crippen LogP contribution in [0.3, 0.4) is 0 Å². The van der Waals surface area contributed by atoms with E-state index in [9.17, 15) is 0 Å². The van der Waals surface area contributed by atoms with Gasteiger partial charge in [0.15, 0.2) is 0 Å². The number of hydrogen-bond acceptors (Lipinski definition) is 1. The molecule has 0 N–H and O–H groups in total. The van der Waals surface area contributed by atoms with Crippen LogP contribution in [0.25, 0.3) is 0 Å². The maximum Gasteiger partial charge on any atom is 0.0116 e. The normalized spacial score (nSPS) is 20.5. The Morgan fingerprint density at radius 2 is 1.91 bits per heavy atom. The molecule has 1 heteroatoms. The van der Waals surface area contributed by atoms with Gasteiger partial charge in [-0.15, -0.1) is 0 Å². The number of rotatable bonds is 6. The first-order chi connectivity index (χ1) is 10.4. The molecule has 1 aliphatic rings. The van der Waals surface area contributed by atoms with Crippen LogP contribution in [0.15, 0.2) is 58.7 Å². The van der Waals surface area contributed by atoms with Gasteiger partial charge in [0, 0.05) is 5.75 Å². The highest BCUT2D eigenvalue weighted by Gasteiger charge is 2.26. The topological polar surface area (TPSA) is 0 Å². The fourth-order valence-electron chi connectivity index (χ4n) is 2.92. The van der Waals surface area contributed by atoms with Crippen molar-refractivity contribution in [3.63, 3.8) is 0 Å². The Morgan fingerprint density at radius 1 is 1.18 bits per heavy atom. The average molecular weight is 317 g/mol. The van der Waals surface area contributed by atoms with Crippen molar-refractivity contribution in [1.82, 2.24) is 0 Å². The molecule has 0 aliphatic heterocycles. The molecular weight excluding hydrogens is 284 g/mol. The highest BCUT2D eigenvalue weighted by Crippen LogP contribution is 2.40. The van der Waals surface area contributed by atoms with Crippen LogP contribution in [0.4, 0.5) is 0 Å². The first kappa shape index (κ1) is 19.1. The van der Waals surface area contributed by atoms with E-state index in [-0.39, 0.29) is 0 Å². The van der Waals surface area contributed by atoms with Crippen LogP contribution in [0.1, 0.15) is 53.9 Å². The van der Waals surface area contributed by atoms with Gasteiger partial charge >= 0.3 is 0 Å². The van der Waals surface area contributed by atoms with E-state index in [1.165, 1.54) is 36.0 Å². The third kappa shape index (κ3) is 6.44. The largest absolute Gasteiger partial charge is 0.161 e. The lowest BCUT2D eigenvalue weighted by Gasteiger charge is -2.32. The molecule has 0 radical (unpaired) electrons. The minimum absolute atomic E-state index is 0.325. The summed E-state index contributed by atoms with van der Waals surface area (Å²) in [5.41, 5.74) is 6.05. The quantitative estimate of drug-likeness (QED) is 0.481. The fraction of sp³-hybridized carbons (Fsp3) is 0.524. The standard InChI is InChI=1S/C21H32S/c1-17(9-7-10-18(2)14-16-22-6)12-13-20-19(3)11-8-15-21(20,4)5/h7,9-10,12-14H,8,11,15-16H2,1-6H3/b10-7+,13-12+,17-9+,18-14+. The van der Waals surface area contributed by atoms with Crippen LogP contribution >= 0.6 is 11.8 Å². The summed E-state index contributed by atoms with van der Waals surface area (Å²) < 4.78 is 0. The van der Waals surface area contributed by atoms with Gasteiger partial charge in [0.25, 0.3) is 0 Å². The van der Waals surface area contributed by atoms with Crippen molar-refractivity contribution in [1.29, 1.82) is 0 Å². The fourth-order valence-corrected chi connectivity index (χ4v) is 3.34. The summed E-state index contributed by atoms with van der Waals surface area (Å²) in [4.78, 5) is 0. The van der Waals surface area contributed by atoms with Gasteiger partial charge in [-0.2, -0.15) is 11.8 Å². The van der Waals surface area contributed by atoms with E-state index in [4.69, 9.17) is 0 Å². The second-order valence-corrected chi connectivity index (χ2v) is 7.85. The monoisotopic (exact) mass is 316 g/mol. The van der Waals surface area contributed by atoms with Crippen molar-refractivity contribution in [2.45, 2.75) is 53.9 Å². The van der Waals surface area contributed by atoms with Gasteiger partial charge in [0.2, 0.25) is 0 Å². The van der Waals surface area contributed by atoms with Gasteiger partial charge in [-0.25, -0.2) is 0 Å². The van der Waals surface area contributed by atoms with E-state index in [2.05, 4.69) is 77.3 Å². The van der Waals surface area contributed by atoms with Crippen LogP contribution in [0.2, 0.25) is 0 Å². The minimum atomic E-state index is 0.325. The van der Waals surface area contributed by atoms with Crippen molar-refractivity contribution >= 4 is 11.8 Å². The molecule has 0 saturated heterocycles. The molecule has 0 aromatic heterocycles. The summed E-state index contributed by atoms with van der Waals surface area (Å²) in [6, 6.07) is 0. The van der Waals surface area contributed by atoms with Gasteiger partial charge in [-0.1, -0.05) is 67.0 Å². The zero-order valence-electron chi connectivity index (χ0n) is 15.2. The summed E-state index contributed by atoms with van der Waals surface area (Å²) >= 11 is 1.85. The van der Waals surface area contributed by atoms with E-state index in [1.807, 2.05) is 11.8 Å². The van der Waals surface area contributed by atoms with E-state index >= 15 is 0 Å². The molecular formula is C21H32S. The Kier molecular flexibility index (Phi) is 8.03. The Hall–Kier alpha value is -0.950. The van der Waals surface area contributed by atoms with E-state index < -0.39 is 0 Å². The lowest BCUT2D eigenvalue weighted by molar-refractivity contribution is 0.377. The molecule has 122 valence electrons. The van der Waals surface area contributed by atoms with Gasteiger partial charge < -0.3 is 0 Å². The van der Waals surface area contributed by atoms with Crippen LogP contribution < -0.4 is 0 Å². The third-order valence-electron chi connectivity index (χ3n) is 4.35. The maximum absolute atomic E-state index is 2.37. The number of thioether (sulfide) groups is 1. The average Bonchev–Trinajstić information content (AvgIpc) is 2.43. The van der Waals surface area contributed by atoms with Gasteiger partial charge in [0.05, 0.1) is 0 Å². The predicted molar refractivity (Wildman–Crippen MR) is 105 cm³/mol. The molecule has 22 heavy (non-hydrogen) atoms. The predicted octanol–water partition coefficient (Wildman–Crippen LogP) is 6.88. The van der Waals surface area contributed by atoms with Crippen molar-refractivity contribution in [3.8, 4) is 0 Å². The second kappa shape index (κ2) is 9.25. The Labute approximate surface area is 142 Å². The first-order valence-electron chi connectivity index (χ1n) is 8.26. The number of hydrogen-bond donors (Lipinski definition) is 0. The maximum atomic E-state index is 2.37. The molecule has 0 saturated carbocycles. The third-order valence-corrected chi connectivity index (χ3v) is 4.85. The second-order valence-electron chi connectivity index (χ2n) is 6.94.